The zero-order valence-electron chi connectivity index (χ0n) is 6.63. The molecule has 0 aliphatic heterocycles. The molecule has 0 saturated carbocycles. The minimum Gasteiger partial charge on any atom is -0.347 e. The maximum atomic E-state index is 3.92. The van der Waals surface area contributed by atoms with Crippen molar-refractivity contribution in [3.63, 3.8) is 0 Å². The predicted octanol–water partition coefficient (Wildman–Crippen LogP) is 0.862. The van der Waals surface area contributed by atoms with Crippen molar-refractivity contribution in [2.45, 2.75) is 6.54 Å². The van der Waals surface area contributed by atoms with E-state index in [0.29, 0.717) is 0 Å². The smallest absolute Gasteiger partial charge is 0.0922 e. The van der Waals surface area contributed by atoms with Crippen LogP contribution in [0.5, 0.6) is 0 Å². The first-order valence-corrected chi connectivity index (χ1v) is 5.00. The molecule has 1 aromatic rings. The second-order valence-corrected chi connectivity index (χ2v) is 3.23. The van der Waals surface area contributed by atoms with Gasteiger partial charge in [0, 0.05) is 30.7 Å². The van der Waals surface area contributed by atoms with Crippen molar-refractivity contribution in [3.05, 3.63) is 18.2 Å². The SMILES string of the molecule is CSCCNCc1cnc[nH]1. The highest BCUT2D eigenvalue weighted by atomic mass is 32.2. The highest BCUT2D eigenvalue weighted by Crippen LogP contribution is 1.90. The van der Waals surface area contributed by atoms with Crippen LogP contribution in [0.4, 0.5) is 0 Å². The van der Waals surface area contributed by atoms with Gasteiger partial charge in [-0.1, -0.05) is 0 Å². The molecule has 0 bridgehead atoms. The van der Waals surface area contributed by atoms with Crippen LogP contribution >= 0.6 is 11.8 Å². The van der Waals surface area contributed by atoms with Gasteiger partial charge in [0.1, 0.15) is 0 Å². The Labute approximate surface area is 71.0 Å². The van der Waals surface area contributed by atoms with Crippen LogP contribution in [0.1, 0.15) is 5.69 Å². The van der Waals surface area contributed by atoms with E-state index in [-0.39, 0.29) is 0 Å². The van der Waals surface area contributed by atoms with Gasteiger partial charge in [-0.2, -0.15) is 11.8 Å². The van der Waals surface area contributed by atoms with Gasteiger partial charge in [-0.05, 0) is 6.26 Å². The summed E-state index contributed by atoms with van der Waals surface area (Å²) in [6, 6.07) is 0. The van der Waals surface area contributed by atoms with Crippen molar-refractivity contribution in [2.75, 3.05) is 18.6 Å². The van der Waals surface area contributed by atoms with Gasteiger partial charge in [-0.3, -0.25) is 0 Å². The van der Waals surface area contributed by atoms with Gasteiger partial charge in [0.2, 0.25) is 0 Å². The molecule has 0 radical (unpaired) electrons. The summed E-state index contributed by atoms with van der Waals surface area (Å²) in [5, 5.41) is 3.30. The van der Waals surface area contributed by atoms with Crippen molar-refractivity contribution < 1.29 is 0 Å². The Morgan fingerprint density at radius 1 is 1.73 bits per heavy atom. The Morgan fingerprint density at radius 3 is 3.27 bits per heavy atom. The summed E-state index contributed by atoms with van der Waals surface area (Å²) in [5.41, 5.74) is 1.14. The standard InChI is InChI=1S/C7H13N3S/c1-11-3-2-8-4-7-5-9-6-10-7/h5-6,8H,2-4H2,1H3,(H,9,10). The fourth-order valence-electron chi connectivity index (χ4n) is 0.779. The lowest BCUT2D eigenvalue weighted by molar-refractivity contribution is 0.719. The molecule has 0 fully saturated rings. The van der Waals surface area contributed by atoms with E-state index in [0.717, 1.165) is 24.5 Å². The van der Waals surface area contributed by atoms with E-state index in [4.69, 9.17) is 0 Å². The fraction of sp³-hybridized carbons (Fsp3) is 0.571. The molecule has 0 saturated heterocycles. The average molecular weight is 171 g/mol. The zero-order valence-corrected chi connectivity index (χ0v) is 7.45. The van der Waals surface area contributed by atoms with Crippen LogP contribution in [-0.4, -0.2) is 28.5 Å². The number of nitrogens with zero attached hydrogens (tertiary/aromatic N) is 1. The zero-order chi connectivity index (χ0) is 7.94. The molecule has 1 heterocycles. The molecular formula is C7H13N3S. The second-order valence-electron chi connectivity index (χ2n) is 2.25. The van der Waals surface area contributed by atoms with Crippen LogP contribution in [0.15, 0.2) is 12.5 Å². The van der Waals surface area contributed by atoms with Crippen molar-refractivity contribution in [3.8, 4) is 0 Å². The topological polar surface area (TPSA) is 40.7 Å². The summed E-state index contributed by atoms with van der Waals surface area (Å²) in [6.07, 6.45) is 5.65. The number of hydrogen-bond donors (Lipinski definition) is 2. The largest absolute Gasteiger partial charge is 0.347 e. The Kier molecular flexibility index (Phi) is 4.08. The monoisotopic (exact) mass is 171 g/mol. The van der Waals surface area contributed by atoms with Crippen LogP contribution in [0.25, 0.3) is 0 Å². The van der Waals surface area contributed by atoms with E-state index in [1.807, 2.05) is 18.0 Å². The molecule has 1 aromatic heterocycles. The van der Waals surface area contributed by atoms with E-state index in [1.165, 1.54) is 0 Å². The average Bonchev–Trinajstić information content (AvgIpc) is 2.50. The van der Waals surface area contributed by atoms with E-state index in [9.17, 15) is 0 Å². The quantitative estimate of drug-likeness (QED) is 0.646. The number of rotatable bonds is 5. The Balaban J connectivity index is 2.04. The number of nitrogens with one attached hydrogen (secondary N) is 2. The minimum atomic E-state index is 0.889. The summed E-state index contributed by atoms with van der Waals surface area (Å²) < 4.78 is 0. The third-order valence-electron chi connectivity index (χ3n) is 1.35. The van der Waals surface area contributed by atoms with Gasteiger partial charge in [0.05, 0.1) is 6.33 Å². The number of hydrogen-bond acceptors (Lipinski definition) is 3. The summed E-state index contributed by atoms with van der Waals surface area (Å²) >= 11 is 1.85. The first-order valence-electron chi connectivity index (χ1n) is 3.60. The molecule has 3 nitrogen and oxygen atoms in total. The molecule has 62 valence electrons. The van der Waals surface area contributed by atoms with Crippen molar-refractivity contribution in [1.82, 2.24) is 15.3 Å². The maximum Gasteiger partial charge on any atom is 0.0922 e. The van der Waals surface area contributed by atoms with Crippen molar-refractivity contribution in [2.24, 2.45) is 0 Å². The summed E-state index contributed by atoms with van der Waals surface area (Å²) in [4.78, 5) is 6.95. The summed E-state index contributed by atoms with van der Waals surface area (Å²) in [6.45, 7) is 1.95. The van der Waals surface area contributed by atoms with Crippen LogP contribution in [0.3, 0.4) is 0 Å². The number of aromatic nitrogens is 2. The first-order chi connectivity index (χ1) is 5.43. The molecule has 0 atom stereocenters. The molecule has 1 rings (SSSR count). The van der Waals surface area contributed by atoms with Crippen LogP contribution < -0.4 is 5.32 Å². The third kappa shape index (κ3) is 3.43. The van der Waals surface area contributed by atoms with Gasteiger partial charge in [-0.25, -0.2) is 4.98 Å². The summed E-state index contributed by atoms with van der Waals surface area (Å²) in [5.74, 6) is 1.16. The molecule has 0 aliphatic carbocycles. The lowest BCUT2D eigenvalue weighted by Crippen LogP contribution is -2.16. The number of H-pyrrole nitrogens is 1. The molecule has 0 aliphatic rings. The Bertz CT molecular complexity index is 174. The van der Waals surface area contributed by atoms with Crippen molar-refractivity contribution in [1.29, 1.82) is 0 Å². The van der Waals surface area contributed by atoms with E-state index in [2.05, 4.69) is 21.5 Å². The normalized spacial score (nSPS) is 10.3. The molecule has 4 heteroatoms. The Hall–Kier alpha value is -0.480. The lowest BCUT2D eigenvalue weighted by atomic mass is 10.5. The highest BCUT2D eigenvalue weighted by Gasteiger charge is 1.90. The van der Waals surface area contributed by atoms with Crippen molar-refractivity contribution >= 4 is 11.8 Å². The molecular weight excluding hydrogens is 158 g/mol. The maximum absolute atomic E-state index is 3.92. The van der Waals surface area contributed by atoms with Gasteiger partial charge in [-0.15, -0.1) is 0 Å². The number of aromatic amines is 1. The molecule has 11 heavy (non-hydrogen) atoms. The molecule has 0 unspecified atom stereocenters. The number of imidazole rings is 1. The minimum absolute atomic E-state index is 0.889. The lowest BCUT2D eigenvalue weighted by Gasteiger charge is -1.99. The van der Waals surface area contributed by atoms with E-state index in [1.54, 1.807) is 6.33 Å². The summed E-state index contributed by atoms with van der Waals surface area (Å²) in [7, 11) is 0. The first kappa shape index (κ1) is 8.62. The Morgan fingerprint density at radius 2 is 2.64 bits per heavy atom. The van der Waals surface area contributed by atoms with Gasteiger partial charge >= 0.3 is 0 Å². The predicted molar refractivity (Wildman–Crippen MR) is 48.7 cm³/mol. The van der Waals surface area contributed by atoms with E-state index >= 15 is 0 Å². The fourth-order valence-corrected chi connectivity index (χ4v) is 1.13. The van der Waals surface area contributed by atoms with Gasteiger partial charge in [0.25, 0.3) is 0 Å². The molecule has 0 aromatic carbocycles. The van der Waals surface area contributed by atoms with Crippen LogP contribution in [-0.2, 0) is 6.54 Å². The molecule has 0 spiro atoms. The molecule has 0 amide bonds. The van der Waals surface area contributed by atoms with Gasteiger partial charge < -0.3 is 10.3 Å². The molecule has 2 N–H and O–H groups in total. The van der Waals surface area contributed by atoms with Gasteiger partial charge in [0.15, 0.2) is 0 Å². The van der Waals surface area contributed by atoms with Crippen LogP contribution in [0.2, 0.25) is 0 Å². The third-order valence-corrected chi connectivity index (χ3v) is 1.97. The highest BCUT2D eigenvalue weighted by molar-refractivity contribution is 7.98. The van der Waals surface area contributed by atoms with Crippen LogP contribution in [0, 0.1) is 0 Å². The second kappa shape index (κ2) is 5.21. The number of thioether (sulfide) groups is 1. The van der Waals surface area contributed by atoms with E-state index < -0.39 is 0 Å².